The van der Waals surface area contributed by atoms with Crippen LogP contribution >= 0.6 is 11.3 Å². The smallest absolute Gasteiger partial charge is 0.175 e. The Morgan fingerprint density at radius 3 is 3.06 bits per heavy atom. The molecule has 0 spiro atoms. The number of unbranched alkanes of at least 4 members (excludes halogenated alkanes) is 1. The number of hydrogen-bond donors (Lipinski definition) is 1. The van der Waals surface area contributed by atoms with Crippen molar-refractivity contribution >= 4 is 17.1 Å². The third kappa shape index (κ3) is 4.88. The van der Waals surface area contributed by atoms with E-state index in [1.54, 1.807) is 11.3 Å². The first kappa shape index (κ1) is 13.4. The van der Waals surface area contributed by atoms with E-state index in [0.717, 1.165) is 24.8 Å². The lowest BCUT2D eigenvalue weighted by Gasteiger charge is -2.09. The average molecular weight is 241 g/mol. The van der Waals surface area contributed by atoms with Gasteiger partial charge in [-0.15, -0.1) is 0 Å². The standard InChI is InChI=1S/C12H19NO2S/c1-2-3-4-11(13)12(14)8-15-7-10-5-6-16-9-10/h5-6,9,11H,2-4,7-8,13H2,1H3. The number of ether oxygens (including phenoxy) is 1. The molecule has 0 saturated carbocycles. The summed E-state index contributed by atoms with van der Waals surface area (Å²) in [5.41, 5.74) is 6.85. The monoisotopic (exact) mass is 241 g/mol. The normalized spacial score (nSPS) is 12.6. The summed E-state index contributed by atoms with van der Waals surface area (Å²) in [4.78, 5) is 11.5. The van der Waals surface area contributed by atoms with E-state index in [-0.39, 0.29) is 18.4 Å². The van der Waals surface area contributed by atoms with Gasteiger partial charge in [0.25, 0.3) is 0 Å². The van der Waals surface area contributed by atoms with Crippen LogP contribution in [0.2, 0.25) is 0 Å². The van der Waals surface area contributed by atoms with Gasteiger partial charge in [0.15, 0.2) is 5.78 Å². The van der Waals surface area contributed by atoms with Gasteiger partial charge in [0.1, 0.15) is 6.61 Å². The van der Waals surface area contributed by atoms with E-state index >= 15 is 0 Å². The van der Waals surface area contributed by atoms with Crippen LogP contribution < -0.4 is 5.73 Å². The highest BCUT2D eigenvalue weighted by Gasteiger charge is 2.12. The lowest BCUT2D eigenvalue weighted by molar-refractivity contribution is -0.125. The molecule has 1 unspecified atom stereocenters. The van der Waals surface area contributed by atoms with Gasteiger partial charge in [0.2, 0.25) is 0 Å². The highest BCUT2D eigenvalue weighted by molar-refractivity contribution is 7.07. The first-order chi connectivity index (χ1) is 7.74. The summed E-state index contributed by atoms with van der Waals surface area (Å²) in [5.74, 6) is 0.00341. The Morgan fingerprint density at radius 2 is 2.44 bits per heavy atom. The second-order valence-electron chi connectivity index (χ2n) is 3.84. The minimum Gasteiger partial charge on any atom is -0.369 e. The Bertz CT molecular complexity index is 298. The van der Waals surface area contributed by atoms with Crippen molar-refractivity contribution in [2.45, 2.75) is 38.8 Å². The fourth-order valence-electron chi connectivity index (χ4n) is 1.34. The maximum Gasteiger partial charge on any atom is 0.175 e. The number of hydrogen-bond acceptors (Lipinski definition) is 4. The highest BCUT2D eigenvalue weighted by Crippen LogP contribution is 2.07. The largest absolute Gasteiger partial charge is 0.369 e. The summed E-state index contributed by atoms with van der Waals surface area (Å²) in [6, 6.07) is 1.63. The second-order valence-corrected chi connectivity index (χ2v) is 4.62. The molecular weight excluding hydrogens is 222 g/mol. The fourth-order valence-corrected chi connectivity index (χ4v) is 1.99. The van der Waals surface area contributed by atoms with Crippen LogP contribution in [0.3, 0.4) is 0 Å². The topological polar surface area (TPSA) is 52.3 Å². The van der Waals surface area contributed by atoms with E-state index in [0.29, 0.717) is 6.61 Å². The molecule has 0 bridgehead atoms. The third-order valence-corrected chi connectivity index (χ3v) is 3.11. The number of ketones is 1. The molecule has 90 valence electrons. The molecule has 0 amide bonds. The summed E-state index contributed by atoms with van der Waals surface area (Å²) >= 11 is 1.63. The van der Waals surface area contributed by atoms with Gasteiger partial charge in [-0.2, -0.15) is 11.3 Å². The molecule has 1 atom stereocenters. The number of nitrogens with two attached hydrogens (primary N) is 1. The minimum atomic E-state index is -0.359. The van der Waals surface area contributed by atoms with Crippen LogP contribution in [-0.4, -0.2) is 18.4 Å². The predicted molar refractivity (Wildman–Crippen MR) is 66.5 cm³/mol. The lowest BCUT2D eigenvalue weighted by Crippen LogP contribution is -2.33. The molecule has 0 fully saturated rings. The van der Waals surface area contributed by atoms with E-state index in [1.165, 1.54) is 0 Å². The first-order valence-corrected chi connectivity index (χ1v) is 6.55. The zero-order valence-electron chi connectivity index (χ0n) is 9.65. The van der Waals surface area contributed by atoms with Crippen LogP contribution in [-0.2, 0) is 16.1 Å². The summed E-state index contributed by atoms with van der Waals surface area (Å²) in [7, 11) is 0. The van der Waals surface area contributed by atoms with E-state index < -0.39 is 0 Å². The van der Waals surface area contributed by atoms with Gasteiger partial charge >= 0.3 is 0 Å². The second kappa shape index (κ2) is 7.54. The summed E-state index contributed by atoms with van der Waals surface area (Å²) in [6.07, 6.45) is 2.82. The van der Waals surface area contributed by atoms with E-state index in [1.807, 2.05) is 16.8 Å². The molecule has 0 aliphatic heterocycles. The summed E-state index contributed by atoms with van der Waals surface area (Å²) in [5, 5.41) is 4.01. The maximum absolute atomic E-state index is 11.5. The van der Waals surface area contributed by atoms with Gasteiger partial charge < -0.3 is 10.5 Å². The van der Waals surface area contributed by atoms with Crippen LogP contribution in [0.25, 0.3) is 0 Å². The minimum absolute atomic E-state index is 0.00341. The van der Waals surface area contributed by atoms with Crippen LogP contribution in [0.15, 0.2) is 16.8 Å². The highest BCUT2D eigenvalue weighted by atomic mass is 32.1. The van der Waals surface area contributed by atoms with Gasteiger partial charge in [-0.05, 0) is 28.8 Å². The van der Waals surface area contributed by atoms with Crippen molar-refractivity contribution in [2.75, 3.05) is 6.61 Å². The van der Waals surface area contributed by atoms with Crippen LogP contribution in [0.5, 0.6) is 0 Å². The number of Topliss-reactive ketones (excluding diaryl/α,β-unsaturated/α-hetero) is 1. The zero-order chi connectivity index (χ0) is 11.8. The molecule has 0 aliphatic rings. The Hall–Kier alpha value is -0.710. The van der Waals surface area contributed by atoms with E-state index in [2.05, 4.69) is 6.92 Å². The quantitative estimate of drug-likeness (QED) is 0.760. The van der Waals surface area contributed by atoms with Gasteiger partial charge in [-0.1, -0.05) is 19.8 Å². The first-order valence-electron chi connectivity index (χ1n) is 5.61. The molecule has 1 aromatic rings. The van der Waals surface area contributed by atoms with Crippen molar-refractivity contribution in [3.05, 3.63) is 22.4 Å². The van der Waals surface area contributed by atoms with Crippen molar-refractivity contribution in [3.8, 4) is 0 Å². The van der Waals surface area contributed by atoms with E-state index in [4.69, 9.17) is 10.5 Å². The molecule has 2 N–H and O–H groups in total. The van der Waals surface area contributed by atoms with Crippen LogP contribution in [0.1, 0.15) is 31.7 Å². The number of carbonyl (C=O) groups excluding carboxylic acids is 1. The number of carbonyl (C=O) groups is 1. The van der Waals surface area contributed by atoms with Crippen molar-refractivity contribution < 1.29 is 9.53 Å². The van der Waals surface area contributed by atoms with Crippen molar-refractivity contribution in [2.24, 2.45) is 5.73 Å². The number of rotatable bonds is 8. The van der Waals surface area contributed by atoms with Crippen molar-refractivity contribution in [1.82, 2.24) is 0 Å². The zero-order valence-corrected chi connectivity index (χ0v) is 10.5. The predicted octanol–water partition coefficient (Wildman–Crippen LogP) is 2.35. The Balaban J connectivity index is 2.14. The molecule has 1 aromatic heterocycles. The molecule has 4 heteroatoms. The molecule has 0 aromatic carbocycles. The Morgan fingerprint density at radius 1 is 1.62 bits per heavy atom. The molecule has 3 nitrogen and oxygen atoms in total. The summed E-state index contributed by atoms with van der Waals surface area (Å²) < 4.78 is 5.32. The fraction of sp³-hybridized carbons (Fsp3) is 0.583. The average Bonchev–Trinajstić information content (AvgIpc) is 2.78. The molecular formula is C12H19NO2S. The van der Waals surface area contributed by atoms with Crippen LogP contribution in [0.4, 0.5) is 0 Å². The lowest BCUT2D eigenvalue weighted by atomic mass is 10.1. The van der Waals surface area contributed by atoms with Crippen molar-refractivity contribution in [3.63, 3.8) is 0 Å². The molecule has 1 rings (SSSR count). The molecule has 0 saturated heterocycles. The Labute approximate surface area is 101 Å². The van der Waals surface area contributed by atoms with Gasteiger partial charge in [0, 0.05) is 0 Å². The third-order valence-electron chi connectivity index (χ3n) is 2.38. The number of thiophene rings is 1. The SMILES string of the molecule is CCCCC(N)C(=O)COCc1ccsc1. The van der Waals surface area contributed by atoms with Crippen LogP contribution in [0, 0.1) is 0 Å². The van der Waals surface area contributed by atoms with Crippen molar-refractivity contribution in [1.29, 1.82) is 0 Å². The summed E-state index contributed by atoms with van der Waals surface area (Å²) in [6.45, 7) is 2.71. The van der Waals surface area contributed by atoms with E-state index in [9.17, 15) is 4.79 Å². The molecule has 1 heterocycles. The molecule has 0 radical (unpaired) electrons. The maximum atomic E-state index is 11.5. The molecule has 16 heavy (non-hydrogen) atoms. The van der Waals surface area contributed by atoms with Gasteiger partial charge in [-0.3, -0.25) is 4.79 Å². The Kier molecular flexibility index (Phi) is 6.30. The van der Waals surface area contributed by atoms with Gasteiger partial charge in [0.05, 0.1) is 12.6 Å². The van der Waals surface area contributed by atoms with Gasteiger partial charge in [-0.25, -0.2) is 0 Å². The molecule has 0 aliphatic carbocycles.